The van der Waals surface area contributed by atoms with Crippen LogP contribution in [0.2, 0.25) is 0 Å². The van der Waals surface area contributed by atoms with Gasteiger partial charge < -0.3 is 20.0 Å². The number of aliphatic hydroxyl groups excluding tert-OH is 2. The van der Waals surface area contributed by atoms with Gasteiger partial charge in [0.25, 0.3) is 0 Å². The highest BCUT2D eigenvalue weighted by Crippen LogP contribution is 2.38. The Kier molecular flexibility index (Phi) is 16.5. The van der Waals surface area contributed by atoms with Gasteiger partial charge in [0.2, 0.25) is 0 Å². The Hall–Kier alpha value is -0.300. The lowest BCUT2D eigenvalue weighted by molar-refractivity contribution is -0.133. The van der Waals surface area contributed by atoms with Gasteiger partial charge in [0, 0.05) is 6.42 Å². The molecule has 0 saturated carbocycles. The number of hydrogen-bond acceptors (Lipinski definition) is 5. The first-order chi connectivity index (χ1) is 12.8. The predicted octanol–water partition coefficient (Wildman–Crippen LogP) is 3.87. The summed E-state index contributed by atoms with van der Waals surface area (Å²) in [5.41, 5.74) is 0. The van der Waals surface area contributed by atoms with Crippen molar-refractivity contribution in [3.8, 4) is 0 Å². The van der Waals surface area contributed by atoms with E-state index in [0.29, 0.717) is 6.42 Å². The number of hydrogen-bond donors (Lipinski definition) is 4. The zero-order chi connectivity index (χ0) is 20.5. The van der Waals surface area contributed by atoms with E-state index in [2.05, 4.69) is 11.4 Å². The Balaban J connectivity index is 3.70. The van der Waals surface area contributed by atoms with Crippen LogP contribution in [-0.2, 0) is 13.9 Å². The van der Waals surface area contributed by atoms with E-state index in [1.807, 2.05) is 0 Å². The van der Waals surface area contributed by atoms with Crippen molar-refractivity contribution in [1.82, 2.24) is 0 Å². The minimum absolute atomic E-state index is 0.0689. The molecule has 4 N–H and O–H groups in total. The lowest BCUT2D eigenvalue weighted by Gasteiger charge is -2.20. The van der Waals surface area contributed by atoms with Crippen molar-refractivity contribution >= 4 is 13.6 Å². The summed E-state index contributed by atoms with van der Waals surface area (Å²) in [4.78, 5) is 29.6. The molecule has 0 amide bonds. The molecule has 7 nitrogen and oxygen atoms in total. The van der Waals surface area contributed by atoms with E-state index in [9.17, 15) is 14.5 Å². The summed E-state index contributed by atoms with van der Waals surface area (Å²) in [6.45, 7) is 1.43. The fourth-order valence-corrected chi connectivity index (χ4v) is 3.60. The Morgan fingerprint density at radius 3 is 1.63 bits per heavy atom. The van der Waals surface area contributed by atoms with Crippen molar-refractivity contribution in [2.24, 2.45) is 0 Å². The average molecular weight is 410 g/mol. The van der Waals surface area contributed by atoms with Crippen LogP contribution in [0.1, 0.15) is 96.8 Å². The number of phosphoric ester groups is 1. The molecule has 162 valence electrons. The first kappa shape index (κ1) is 26.7. The number of ketones is 1. The molecule has 0 aliphatic heterocycles. The molecule has 0 saturated heterocycles. The number of unbranched alkanes of at least 4 members (excludes halogenated alkanes) is 12. The van der Waals surface area contributed by atoms with Crippen LogP contribution in [0.3, 0.4) is 0 Å². The van der Waals surface area contributed by atoms with E-state index >= 15 is 0 Å². The fraction of sp³-hybridized carbons (Fsp3) is 0.947. The van der Waals surface area contributed by atoms with Crippen LogP contribution in [-0.4, -0.2) is 44.6 Å². The second-order valence-electron chi connectivity index (χ2n) is 7.23. The number of aliphatic hydroxyl groups is 2. The van der Waals surface area contributed by atoms with Crippen LogP contribution in [0.5, 0.6) is 0 Å². The molecule has 0 spiro atoms. The van der Waals surface area contributed by atoms with E-state index < -0.39 is 32.4 Å². The molecule has 0 radical (unpaired) electrons. The van der Waals surface area contributed by atoms with E-state index in [-0.39, 0.29) is 6.42 Å². The molecule has 0 fully saturated rings. The fourth-order valence-electron chi connectivity index (χ4n) is 3.05. The molecule has 0 aromatic rings. The van der Waals surface area contributed by atoms with Gasteiger partial charge in [0.15, 0.2) is 11.9 Å². The number of rotatable bonds is 19. The molecular weight excluding hydrogens is 371 g/mol. The molecular formula is C19H39O7P. The zero-order valence-electron chi connectivity index (χ0n) is 16.7. The van der Waals surface area contributed by atoms with E-state index in [4.69, 9.17) is 14.9 Å². The molecule has 0 heterocycles. The first-order valence-electron chi connectivity index (χ1n) is 10.4. The maximum absolute atomic E-state index is 12.0. The second-order valence-corrected chi connectivity index (χ2v) is 8.42. The molecule has 0 aliphatic carbocycles. The normalized spacial score (nSPS) is 14.3. The third kappa shape index (κ3) is 16.4. The van der Waals surface area contributed by atoms with Crippen LogP contribution in [0.4, 0.5) is 0 Å². The highest BCUT2D eigenvalue weighted by atomic mass is 31.2. The molecule has 1 unspecified atom stereocenters. The minimum Gasteiger partial charge on any atom is -0.394 e. The summed E-state index contributed by atoms with van der Waals surface area (Å²) in [6, 6.07) is 0. The van der Waals surface area contributed by atoms with Gasteiger partial charge in [0.05, 0.1) is 6.61 Å². The third-order valence-corrected chi connectivity index (χ3v) is 5.13. The Morgan fingerprint density at radius 1 is 0.852 bits per heavy atom. The lowest BCUT2D eigenvalue weighted by Crippen LogP contribution is -2.38. The molecule has 8 heteroatoms. The Morgan fingerprint density at radius 2 is 1.26 bits per heavy atom. The topological polar surface area (TPSA) is 124 Å². The van der Waals surface area contributed by atoms with Gasteiger partial charge >= 0.3 is 7.82 Å². The smallest absolute Gasteiger partial charge is 0.394 e. The minimum atomic E-state index is -4.91. The van der Waals surface area contributed by atoms with Gasteiger partial charge in [-0.1, -0.05) is 84.0 Å². The van der Waals surface area contributed by atoms with Gasteiger partial charge in [-0.3, -0.25) is 9.32 Å². The number of carbonyl (C=O) groups excluding carboxylic acids is 1. The van der Waals surface area contributed by atoms with Gasteiger partial charge in [-0.25, -0.2) is 4.57 Å². The van der Waals surface area contributed by atoms with Crippen molar-refractivity contribution < 1.29 is 33.9 Å². The molecule has 2 atom stereocenters. The van der Waals surface area contributed by atoms with Gasteiger partial charge in [-0.05, 0) is 6.42 Å². The lowest BCUT2D eigenvalue weighted by atomic mass is 10.0. The van der Waals surface area contributed by atoms with Crippen LogP contribution >= 0.6 is 7.82 Å². The van der Waals surface area contributed by atoms with E-state index in [0.717, 1.165) is 19.3 Å². The summed E-state index contributed by atoms with van der Waals surface area (Å²) in [5.74, 6) is -0.594. The summed E-state index contributed by atoms with van der Waals surface area (Å²) >= 11 is 0. The predicted molar refractivity (Wildman–Crippen MR) is 105 cm³/mol. The summed E-state index contributed by atoms with van der Waals surface area (Å²) in [7, 11) is -4.91. The summed E-state index contributed by atoms with van der Waals surface area (Å²) in [6.07, 6.45) is 12.0. The maximum atomic E-state index is 12.0. The van der Waals surface area contributed by atoms with Crippen LogP contribution in [0.15, 0.2) is 0 Å². The number of carbonyl (C=O) groups is 1. The van der Waals surface area contributed by atoms with Gasteiger partial charge in [0.1, 0.15) is 6.10 Å². The Labute approximate surface area is 163 Å². The van der Waals surface area contributed by atoms with E-state index in [1.54, 1.807) is 0 Å². The highest BCUT2D eigenvalue weighted by Gasteiger charge is 2.33. The third-order valence-electron chi connectivity index (χ3n) is 4.63. The summed E-state index contributed by atoms with van der Waals surface area (Å²) < 4.78 is 15.2. The molecule has 27 heavy (non-hydrogen) atoms. The molecule has 0 aliphatic rings. The van der Waals surface area contributed by atoms with E-state index in [1.165, 1.54) is 57.8 Å². The maximum Gasteiger partial charge on any atom is 0.470 e. The van der Waals surface area contributed by atoms with Gasteiger partial charge in [-0.2, -0.15) is 0 Å². The van der Waals surface area contributed by atoms with Gasteiger partial charge in [-0.15, -0.1) is 0 Å². The highest BCUT2D eigenvalue weighted by molar-refractivity contribution is 7.46. The number of phosphoric acid groups is 1. The van der Waals surface area contributed by atoms with Crippen molar-refractivity contribution in [2.45, 2.75) is 109 Å². The molecule has 0 rings (SSSR count). The average Bonchev–Trinajstić information content (AvgIpc) is 2.62. The quantitative estimate of drug-likeness (QED) is 0.188. The first-order valence-corrected chi connectivity index (χ1v) is 11.9. The zero-order valence-corrected chi connectivity index (χ0v) is 17.6. The van der Waals surface area contributed by atoms with Crippen molar-refractivity contribution in [3.05, 3.63) is 0 Å². The van der Waals surface area contributed by atoms with Crippen LogP contribution < -0.4 is 0 Å². The molecule has 0 bridgehead atoms. The number of Topliss-reactive ketones (excluding diaryl/α,β-unsaturated/α-hetero) is 1. The standard InChI is InChI=1S/C19H39O7P/c1-2-3-4-5-6-7-8-9-10-11-12-13-14-15-17(21)19(18(22)16-20)26-27(23,24)25/h18-20,22H,2-16H2,1H3,(H2,23,24,25)/t18-,19?/m0/s1. The van der Waals surface area contributed by atoms with Crippen molar-refractivity contribution in [1.29, 1.82) is 0 Å². The largest absolute Gasteiger partial charge is 0.470 e. The molecule has 0 aromatic carbocycles. The Bertz CT molecular complexity index is 411. The van der Waals surface area contributed by atoms with Crippen molar-refractivity contribution in [3.63, 3.8) is 0 Å². The van der Waals surface area contributed by atoms with Crippen molar-refractivity contribution in [2.75, 3.05) is 6.61 Å². The molecule has 0 aromatic heterocycles. The van der Waals surface area contributed by atoms with Crippen LogP contribution in [0, 0.1) is 0 Å². The monoisotopic (exact) mass is 410 g/mol. The summed E-state index contributed by atoms with van der Waals surface area (Å²) in [5, 5.41) is 18.4. The SMILES string of the molecule is CCCCCCCCCCCCCCCC(=O)C(OP(=O)(O)O)[C@@H](O)CO. The second kappa shape index (κ2) is 16.6. The van der Waals surface area contributed by atoms with Crippen LogP contribution in [0.25, 0.3) is 0 Å².